The van der Waals surface area contributed by atoms with E-state index >= 15 is 0 Å². The normalized spacial score (nSPS) is 22.2. The Morgan fingerprint density at radius 3 is 2.77 bits per heavy atom. The van der Waals surface area contributed by atoms with E-state index in [1.165, 1.54) is 12.1 Å². The van der Waals surface area contributed by atoms with Crippen LogP contribution >= 0.6 is 11.3 Å². The maximum atomic E-state index is 13.9. The van der Waals surface area contributed by atoms with Crippen molar-refractivity contribution in [3.8, 4) is 0 Å². The Kier molecular flexibility index (Phi) is 6.16. The first-order valence-corrected chi connectivity index (χ1v) is 12.7. The SMILES string of the molecule is Cc1nc(CN2CC[C@]3(CN(C(=O)Cc4ccc(F)cn4)C[C@@H]3c3cn(C(C)C)cn3)C2=O)cs1. The molecule has 5 heterocycles. The van der Waals surface area contributed by atoms with Crippen LogP contribution in [-0.2, 0) is 22.6 Å². The number of amides is 2. The molecule has 8 nitrogen and oxygen atoms in total. The van der Waals surface area contributed by atoms with Gasteiger partial charge in [0.2, 0.25) is 11.8 Å². The highest BCUT2D eigenvalue weighted by Gasteiger charge is 2.58. The molecule has 10 heteroatoms. The molecule has 0 N–H and O–H groups in total. The summed E-state index contributed by atoms with van der Waals surface area (Å²) in [6.45, 7) is 7.99. The minimum absolute atomic E-state index is 0.0578. The van der Waals surface area contributed by atoms with Crippen LogP contribution in [0.25, 0.3) is 0 Å². The summed E-state index contributed by atoms with van der Waals surface area (Å²) >= 11 is 1.58. The average Bonchev–Trinajstić information content (AvgIpc) is 3.60. The lowest BCUT2D eigenvalue weighted by Gasteiger charge is -2.27. The minimum Gasteiger partial charge on any atom is -0.341 e. The smallest absolute Gasteiger partial charge is 0.231 e. The van der Waals surface area contributed by atoms with Crippen LogP contribution in [0.5, 0.6) is 0 Å². The highest BCUT2D eigenvalue weighted by Crippen LogP contribution is 2.50. The van der Waals surface area contributed by atoms with E-state index < -0.39 is 11.2 Å². The van der Waals surface area contributed by atoms with Crippen LogP contribution in [0.4, 0.5) is 4.39 Å². The second kappa shape index (κ2) is 9.14. The van der Waals surface area contributed by atoms with Crippen molar-refractivity contribution in [1.82, 2.24) is 29.3 Å². The molecule has 0 unspecified atom stereocenters. The lowest BCUT2D eigenvalue weighted by molar-refractivity contribution is -0.137. The monoisotopic (exact) mass is 496 g/mol. The number of rotatable bonds is 6. The second-order valence-corrected chi connectivity index (χ2v) is 10.9. The first-order chi connectivity index (χ1) is 16.7. The zero-order valence-corrected chi connectivity index (χ0v) is 21.0. The molecule has 2 aliphatic rings. The number of carbonyl (C=O) groups is 2. The predicted octanol–water partition coefficient (Wildman–Crippen LogP) is 3.35. The van der Waals surface area contributed by atoms with E-state index in [9.17, 15) is 14.0 Å². The van der Waals surface area contributed by atoms with E-state index in [1.54, 1.807) is 22.6 Å². The summed E-state index contributed by atoms with van der Waals surface area (Å²) in [6.07, 6.45) is 5.66. The van der Waals surface area contributed by atoms with Crippen molar-refractivity contribution in [3.63, 3.8) is 0 Å². The fraction of sp³-hybridized carbons (Fsp3) is 0.480. The maximum absolute atomic E-state index is 13.9. The van der Waals surface area contributed by atoms with Crippen LogP contribution in [0.1, 0.15) is 54.3 Å². The zero-order valence-electron chi connectivity index (χ0n) is 20.1. The number of carbonyl (C=O) groups excluding carboxylic acids is 2. The number of pyridine rings is 1. The van der Waals surface area contributed by atoms with Crippen molar-refractivity contribution < 1.29 is 14.0 Å². The van der Waals surface area contributed by atoms with Crippen molar-refractivity contribution in [1.29, 1.82) is 0 Å². The third-order valence-electron chi connectivity index (χ3n) is 7.15. The van der Waals surface area contributed by atoms with Gasteiger partial charge in [-0.05, 0) is 39.3 Å². The molecule has 0 aromatic carbocycles. The van der Waals surface area contributed by atoms with E-state index in [1.807, 2.05) is 28.0 Å². The van der Waals surface area contributed by atoms with E-state index in [2.05, 4.69) is 28.8 Å². The van der Waals surface area contributed by atoms with Gasteiger partial charge < -0.3 is 14.4 Å². The molecule has 2 saturated heterocycles. The number of hydrogen-bond donors (Lipinski definition) is 0. The molecule has 3 aromatic heterocycles. The summed E-state index contributed by atoms with van der Waals surface area (Å²) in [5.41, 5.74) is 1.53. The second-order valence-electron chi connectivity index (χ2n) is 9.80. The Labute approximate surface area is 207 Å². The van der Waals surface area contributed by atoms with Gasteiger partial charge in [0.15, 0.2) is 0 Å². The third kappa shape index (κ3) is 4.47. The lowest BCUT2D eigenvalue weighted by Crippen LogP contribution is -2.40. The van der Waals surface area contributed by atoms with Gasteiger partial charge in [-0.1, -0.05) is 0 Å². The third-order valence-corrected chi connectivity index (χ3v) is 7.97. The molecule has 0 aliphatic carbocycles. The minimum atomic E-state index is -0.715. The first-order valence-electron chi connectivity index (χ1n) is 11.9. The molecule has 2 amide bonds. The molecule has 0 radical (unpaired) electrons. The van der Waals surface area contributed by atoms with E-state index in [-0.39, 0.29) is 30.2 Å². The summed E-state index contributed by atoms with van der Waals surface area (Å²) in [5, 5.41) is 2.97. The van der Waals surface area contributed by atoms with Gasteiger partial charge in [-0.15, -0.1) is 11.3 Å². The lowest BCUT2D eigenvalue weighted by atomic mass is 9.75. The van der Waals surface area contributed by atoms with Gasteiger partial charge in [-0.25, -0.2) is 14.4 Å². The van der Waals surface area contributed by atoms with Gasteiger partial charge in [0, 0.05) is 48.9 Å². The first kappa shape index (κ1) is 23.6. The number of hydrogen-bond acceptors (Lipinski definition) is 6. The molecule has 2 atom stereocenters. The molecule has 2 aliphatic heterocycles. The number of nitrogens with zero attached hydrogens (tertiary/aromatic N) is 6. The van der Waals surface area contributed by atoms with Gasteiger partial charge >= 0.3 is 0 Å². The Morgan fingerprint density at radius 2 is 2.11 bits per heavy atom. The van der Waals surface area contributed by atoms with Gasteiger partial charge in [-0.3, -0.25) is 14.6 Å². The molecular weight excluding hydrogens is 467 g/mol. The molecule has 0 bridgehead atoms. The van der Waals surface area contributed by atoms with Gasteiger partial charge in [0.05, 0.1) is 47.3 Å². The van der Waals surface area contributed by atoms with E-state index in [4.69, 9.17) is 0 Å². The van der Waals surface area contributed by atoms with E-state index in [0.717, 1.165) is 22.6 Å². The fourth-order valence-electron chi connectivity index (χ4n) is 5.22. The number of likely N-dealkylation sites (tertiary alicyclic amines) is 2. The van der Waals surface area contributed by atoms with Crippen LogP contribution in [0.3, 0.4) is 0 Å². The molecule has 0 saturated carbocycles. The topological polar surface area (TPSA) is 84.2 Å². The van der Waals surface area contributed by atoms with Crippen molar-refractivity contribution >= 4 is 23.2 Å². The molecule has 184 valence electrons. The summed E-state index contributed by atoms with van der Waals surface area (Å²) in [5.74, 6) is -0.686. The van der Waals surface area contributed by atoms with Crippen molar-refractivity contribution in [3.05, 3.63) is 64.1 Å². The standard InChI is InChI=1S/C25H29FN6O2S/c1-16(2)32-12-22(28-15-32)21-11-31(23(33)8-19-5-4-18(26)9-27-19)14-25(21)6-7-30(24(25)34)10-20-13-35-17(3)29-20/h4-5,9,12-13,15-16,21H,6-8,10-11,14H2,1-3H3/t21-,25-/m1/s1. The summed E-state index contributed by atoms with van der Waals surface area (Å²) in [6, 6.07) is 3.08. The Morgan fingerprint density at radius 1 is 1.29 bits per heavy atom. The Bertz CT molecular complexity index is 1240. The van der Waals surface area contributed by atoms with Gasteiger partial charge in [0.25, 0.3) is 0 Å². The molecule has 3 aromatic rings. The molecule has 35 heavy (non-hydrogen) atoms. The molecule has 5 rings (SSSR count). The molecule has 2 fully saturated rings. The summed E-state index contributed by atoms with van der Waals surface area (Å²) in [4.78, 5) is 44.0. The predicted molar refractivity (Wildman–Crippen MR) is 129 cm³/mol. The number of aryl methyl sites for hydroxylation is 1. The van der Waals surface area contributed by atoms with Crippen molar-refractivity contribution in [2.24, 2.45) is 5.41 Å². The van der Waals surface area contributed by atoms with Crippen LogP contribution in [0, 0.1) is 18.2 Å². The number of imidazole rings is 1. The highest BCUT2D eigenvalue weighted by atomic mass is 32.1. The summed E-state index contributed by atoms with van der Waals surface area (Å²) in [7, 11) is 0. The quantitative estimate of drug-likeness (QED) is 0.523. The number of halogens is 1. The van der Waals surface area contributed by atoms with Crippen LogP contribution < -0.4 is 0 Å². The summed E-state index contributed by atoms with van der Waals surface area (Å²) < 4.78 is 15.3. The zero-order chi connectivity index (χ0) is 24.7. The maximum Gasteiger partial charge on any atom is 0.231 e. The average molecular weight is 497 g/mol. The Balaban J connectivity index is 1.41. The van der Waals surface area contributed by atoms with Crippen LogP contribution in [0.15, 0.2) is 36.2 Å². The number of aromatic nitrogens is 4. The largest absolute Gasteiger partial charge is 0.341 e. The fourth-order valence-corrected chi connectivity index (χ4v) is 5.83. The van der Waals surface area contributed by atoms with Gasteiger partial charge in [-0.2, -0.15) is 0 Å². The van der Waals surface area contributed by atoms with Crippen molar-refractivity contribution in [2.75, 3.05) is 19.6 Å². The highest BCUT2D eigenvalue weighted by molar-refractivity contribution is 7.09. The van der Waals surface area contributed by atoms with Crippen molar-refractivity contribution in [2.45, 2.75) is 52.1 Å². The number of thiazole rings is 1. The molecular formula is C25H29FN6O2S. The van der Waals surface area contributed by atoms with Crippen LogP contribution in [0.2, 0.25) is 0 Å². The van der Waals surface area contributed by atoms with E-state index in [0.29, 0.717) is 38.3 Å². The van der Waals surface area contributed by atoms with Crippen LogP contribution in [-0.4, -0.2) is 60.8 Å². The van der Waals surface area contributed by atoms with Gasteiger partial charge in [0.1, 0.15) is 5.82 Å². The molecule has 1 spiro atoms. The Hall–Kier alpha value is -3.14.